The van der Waals surface area contributed by atoms with Crippen molar-refractivity contribution in [2.24, 2.45) is 22.2 Å². The number of aliphatic carboxylic acids is 2. The van der Waals surface area contributed by atoms with Crippen molar-refractivity contribution in [2.45, 2.75) is 69.1 Å². The molecule has 1 aromatic rings. The summed E-state index contributed by atoms with van der Waals surface area (Å²) >= 11 is 0. The van der Waals surface area contributed by atoms with E-state index in [1.54, 1.807) is 0 Å². The van der Waals surface area contributed by atoms with Crippen LogP contribution in [-0.2, 0) is 40.0 Å². The van der Waals surface area contributed by atoms with Crippen LogP contribution in [0.4, 0.5) is 0 Å². The van der Waals surface area contributed by atoms with E-state index in [4.69, 9.17) is 17.2 Å². The lowest BCUT2D eigenvalue weighted by Gasteiger charge is -2.29. The minimum atomic E-state index is -1.47. The molecule has 0 spiro atoms. The topological polar surface area (TPSA) is 322 Å². The van der Waals surface area contributed by atoms with Gasteiger partial charge in [-0.2, -0.15) is 0 Å². The molecule has 0 aromatic heterocycles. The number of nitrogens with two attached hydrogens (primary N) is 3. The summed E-state index contributed by atoms with van der Waals surface area (Å²) in [5.74, 6) is -6.56. The number of benzene rings is 1. The highest BCUT2D eigenvalue weighted by atomic mass is 16.4. The van der Waals surface area contributed by atoms with E-state index in [-0.39, 0.29) is 50.5 Å². The summed E-state index contributed by atoms with van der Waals surface area (Å²) in [6, 6.07) is 0.782. The number of rotatable bonds is 19. The Hall–Kier alpha value is -5.46. The molecule has 1 aromatic carbocycles. The predicted molar refractivity (Wildman–Crippen MR) is 169 cm³/mol. The number of nitrogens with one attached hydrogen (secondary N) is 4. The van der Waals surface area contributed by atoms with E-state index in [1.165, 1.54) is 24.3 Å². The summed E-state index contributed by atoms with van der Waals surface area (Å²) in [6.45, 7) is -0.764. The maximum Gasteiger partial charge on any atom is 0.326 e. The Morgan fingerprint density at radius 2 is 1.54 bits per heavy atom. The van der Waals surface area contributed by atoms with Crippen molar-refractivity contribution in [1.82, 2.24) is 26.2 Å². The Kier molecular flexibility index (Phi) is 15.5. The van der Waals surface area contributed by atoms with Gasteiger partial charge in [0.2, 0.25) is 29.5 Å². The van der Waals surface area contributed by atoms with Crippen LogP contribution in [-0.4, -0.2) is 118 Å². The molecule has 19 heteroatoms. The number of aliphatic imine (C=N–C) groups is 1. The Bertz CT molecular complexity index is 1350. The largest absolute Gasteiger partial charge is 0.508 e. The highest BCUT2D eigenvalue weighted by Crippen LogP contribution is 2.20. The minimum Gasteiger partial charge on any atom is -0.508 e. The second kappa shape index (κ2) is 19.3. The normalized spacial score (nSPS) is 15.7. The van der Waals surface area contributed by atoms with Gasteiger partial charge in [-0.25, -0.2) is 4.79 Å². The van der Waals surface area contributed by atoms with Crippen LogP contribution in [0.1, 0.15) is 44.1 Å². The van der Waals surface area contributed by atoms with Crippen molar-refractivity contribution in [3.63, 3.8) is 0 Å². The first-order valence-corrected chi connectivity index (χ1v) is 15.2. The van der Waals surface area contributed by atoms with E-state index >= 15 is 0 Å². The molecule has 264 valence electrons. The number of hydrogen-bond acceptors (Lipinski definition) is 10. The van der Waals surface area contributed by atoms with Crippen molar-refractivity contribution in [2.75, 3.05) is 26.2 Å². The first-order valence-electron chi connectivity index (χ1n) is 15.2. The number of likely N-dealkylation sites (tertiary alicyclic amines) is 1. The molecule has 1 heterocycles. The van der Waals surface area contributed by atoms with Gasteiger partial charge in [0.05, 0.1) is 13.1 Å². The molecule has 1 aliphatic heterocycles. The number of phenolic OH excluding ortho intramolecular Hbond substituents is 1. The van der Waals surface area contributed by atoms with Crippen LogP contribution >= 0.6 is 0 Å². The third kappa shape index (κ3) is 13.1. The molecule has 1 saturated heterocycles. The molecule has 5 amide bonds. The summed E-state index contributed by atoms with van der Waals surface area (Å²) in [6.07, 6.45) is -0.00702. The van der Waals surface area contributed by atoms with Crippen molar-refractivity contribution in [3.05, 3.63) is 29.8 Å². The van der Waals surface area contributed by atoms with Crippen molar-refractivity contribution in [3.8, 4) is 5.75 Å². The van der Waals surface area contributed by atoms with Crippen LogP contribution in [0.25, 0.3) is 0 Å². The van der Waals surface area contributed by atoms with Crippen molar-refractivity contribution >= 4 is 47.4 Å². The van der Waals surface area contributed by atoms with E-state index in [9.17, 15) is 48.9 Å². The van der Waals surface area contributed by atoms with Crippen LogP contribution in [0.5, 0.6) is 5.75 Å². The van der Waals surface area contributed by atoms with E-state index < -0.39 is 85.2 Å². The fourth-order valence-corrected chi connectivity index (χ4v) is 4.93. The van der Waals surface area contributed by atoms with Gasteiger partial charge in [0.1, 0.15) is 29.9 Å². The fraction of sp³-hybridized carbons (Fsp3) is 0.517. The molecule has 1 aliphatic rings. The van der Waals surface area contributed by atoms with Crippen LogP contribution < -0.4 is 38.5 Å². The molecule has 0 aliphatic carbocycles. The number of carboxylic acids is 2. The maximum absolute atomic E-state index is 13.6. The molecule has 0 unspecified atom stereocenters. The number of phenols is 1. The van der Waals surface area contributed by atoms with Gasteiger partial charge in [0, 0.05) is 25.9 Å². The van der Waals surface area contributed by atoms with Gasteiger partial charge in [-0.15, -0.1) is 0 Å². The number of carboxylic acid groups (broad SMARTS) is 2. The second-order valence-electron chi connectivity index (χ2n) is 11.0. The molecule has 0 saturated carbocycles. The van der Waals surface area contributed by atoms with E-state index in [0.717, 1.165) is 4.90 Å². The van der Waals surface area contributed by atoms with Gasteiger partial charge < -0.3 is 58.7 Å². The molecule has 13 N–H and O–H groups in total. The summed E-state index contributed by atoms with van der Waals surface area (Å²) < 4.78 is 0. The van der Waals surface area contributed by atoms with Gasteiger partial charge in [-0.3, -0.25) is 33.8 Å². The Balaban J connectivity index is 2.17. The molecule has 1 fully saturated rings. The van der Waals surface area contributed by atoms with E-state index in [0.29, 0.717) is 18.4 Å². The van der Waals surface area contributed by atoms with E-state index in [1.807, 2.05) is 0 Å². The zero-order valence-electron chi connectivity index (χ0n) is 26.2. The van der Waals surface area contributed by atoms with Crippen molar-refractivity contribution < 1.29 is 48.9 Å². The summed E-state index contributed by atoms with van der Waals surface area (Å²) in [5.41, 5.74) is 16.4. The zero-order chi connectivity index (χ0) is 35.8. The predicted octanol–water partition coefficient (Wildman–Crippen LogP) is -3.54. The third-order valence-corrected chi connectivity index (χ3v) is 7.32. The minimum absolute atomic E-state index is 0.0429. The SMILES string of the molecule is NCC(=O)N[C@@H](CCCN=C(N)N)C(=O)NCC(=O)N[C@@H](CCC(=O)O)C(=O)N[C@@H](Cc1ccc(O)cc1)C(=O)N1CCC[C@H]1C(=O)O. The van der Waals surface area contributed by atoms with Gasteiger partial charge >= 0.3 is 11.9 Å². The van der Waals surface area contributed by atoms with Crippen LogP contribution in [0.15, 0.2) is 29.3 Å². The smallest absolute Gasteiger partial charge is 0.326 e. The number of amides is 5. The molecule has 48 heavy (non-hydrogen) atoms. The maximum atomic E-state index is 13.6. The zero-order valence-corrected chi connectivity index (χ0v) is 26.2. The van der Waals surface area contributed by atoms with Crippen molar-refractivity contribution in [1.29, 1.82) is 0 Å². The number of carbonyl (C=O) groups excluding carboxylic acids is 5. The second-order valence-corrected chi connectivity index (χ2v) is 11.0. The highest BCUT2D eigenvalue weighted by molar-refractivity contribution is 5.95. The Morgan fingerprint density at radius 1 is 0.896 bits per heavy atom. The molecule has 0 radical (unpaired) electrons. The summed E-state index contributed by atoms with van der Waals surface area (Å²) in [5, 5.41) is 38.1. The lowest BCUT2D eigenvalue weighted by atomic mass is 10.0. The number of carbonyl (C=O) groups is 7. The first kappa shape index (κ1) is 38.7. The van der Waals surface area contributed by atoms with Crippen LogP contribution in [0.2, 0.25) is 0 Å². The molecule has 19 nitrogen and oxygen atoms in total. The molecular formula is C29H43N9O10. The number of hydrogen-bond donors (Lipinski definition) is 10. The molecule has 0 bridgehead atoms. The molecule has 4 atom stereocenters. The molecule has 2 rings (SSSR count). The van der Waals surface area contributed by atoms with E-state index in [2.05, 4.69) is 26.3 Å². The number of nitrogens with zero attached hydrogens (tertiary/aromatic N) is 2. The highest BCUT2D eigenvalue weighted by Gasteiger charge is 2.38. The Morgan fingerprint density at radius 3 is 2.15 bits per heavy atom. The van der Waals surface area contributed by atoms with Crippen LogP contribution in [0.3, 0.4) is 0 Å². The standard InChI is InChI=1S/C29H43N9O10/c30-14-22(40)35-18(3-1-11-33-29(31)32)25(44)34-15-23(41)36-19(9-10-24(42)43)26(45)37-20(13-16-5-7-17(39)8-6-16)27(46)38-12-2-4-21(38)28(47)48/h5-8,18-21,39H,1-4,9-15,30H2,(H,34,44)(H,35,40)(H,36,41)(H,37,45)(H,42,43)(H,47,48)(H4,31,32,33)/t18-,19-,20-,21-/m0/s1. The van der Waals surface area contributed by atoms with Gasteiger partial charge in [-0.05, 0) is 49.8 Å². The average molecular weight is 678 g/mol. The van der Waals surface area contributed by atoms with Crippen LogP contribution in [0, 0.1) is 0 Å². The molecular weight excluding hydrogens is 634 g/mol. The lowest BCUT2D eigenvalue weighted by molar-refractivity contribution is -0.149. The third-order valence-electron chi connectivity index (χ3n) is 7.32. The lowest BCUT2D eigenvalue weighted by Crippen LogP contribution is -2.57. The summed E-state index contributed by atoms with van der Waals surface area (Å²) in [4.78, 5) is 92.5. The fourth-order valence-electron chi connectivity index (χ4n) is 4.93. The van der Waals surface area contributed by atoms with Gasteiger partial charge in [0.15, 0.2) is 5.96 Å². The first-order chi connectivity index (χ1) is 22.7. The Labute approximate surface area is 275 Å². The monoisotopic (exact) mass is 677 g/mol. The summed E-state index contributed by atoms with van der Waals surface area (Å²) in [7, 11) is 0. The average Bonchev–Trinajstić information content (AvgIpc) is 3.54. The quantitative estimate of drug-likeness (QED) is 0.0386. The van der Waals surface area contributed by atoms with Gasteiger partial charge in [-0.1, -0.05) is 12.1 Å². The number of aromatic hydroxyl groups is 1. The number of guanidine groups is 1. The van der Waals surface area contributed by atoms with Gasteiger partial charge in [0.25, 0.3) is 0 Å².